The van der Waals surface area contributed by atoms with E-state index in [-0.39, 0.29) is 0 Å². The average Bonchev–Trinajstić information content (AvgIpc) is 2.10. The van der Waals surface area contributed by atoms with E-state index in [1.807, 2.05) is 6.08 Å². The van der Waals surface area contributed by atoms with Crippen molar-refractivity contribution in [3.63, 3.8) is 0 Å². The monoisotopic (exact) mass is 169 g/mol. The summed E-state index contributed by atoms with van der Waals surface area (Å²) in [6.45, 7) is 9.75. The predicted octanol–water partition coefficient (Wildman–Crippen LogP) is 3.36. The maximum atomic E-state index is 5.44. The molecule has 0 amide bonds. The maximum absolute atomic E-state index is 5.44. The molecule has 0 heterocycles. The molecule has 0 saturated heterocycles. The van der Waals surface area contributed by atoms with Gasteiger partial charge in [-0.3, -0.25) is 0 Å². The molecule has 0 aromatic heterocycles. The highest BCUT2D eigenvalue weighted by Crippen LogP contribution is 2.00. The molecule has 0 fully saturated rings. The Morgan fingerprint density at radius 3 is 2.67 bits per heavy atom. The van der Waals surface area contributed by atoms with Crippen LogP contribution in [0.3, 0.4) is 0 Å². The molecule has 0 rings (SSSR count). The average molecular weight is 169 g/mol. The molecule has 0 aliphatic carbocycles. The summed E-state index contributed by atoms with van der Waals surface area (Å²) in [5.74, 6) is 0. The van der Waals surface area contributed by atoms with Gasteiger partial charge in [-0.2, -0.15) is 0 Å². The lowest BCUT2D eigenvalue weighted by atomic mass is 10.2. The molecule has 1 radical (unpaired) electrons. The second kappa shape index (κ2) is 8.79. The third-order valence-electron chi connectivity index (χ3n) is 1.88. The molecule has 1 heteroatoms. The Bertz CT molecular complexity index is 116. The van der Waals surface area contributed by atoms with Crippen LogP contribution in [0.25, 0.3) is 0 Å². The van der Waals surface area contributed by atoms with E-state index in [0.717, 1.165) is 19.6 Å². The zero-order valence-electron chi connectivity index (χ0n) is 8.44. The van der Waals surface area contributed by atoms with E-state index in [1.54, 1.807) is 0 Å². The van der Waals surface area contributed by atoms with Crippen LogP contribution in [-0.2, 0) is 4.74 Å². The highest BCUT2D eigenvalue weighted by Gasteiger charge is 1.90. The molecule has 0 aliphatic heterocycles. The zero-order valence-corrected chi connectivity index (χ0v) is 8.44. The highest BCUT2D eigenvalue weighted by atomic mass is 16.5. The van der Waals surface area contributed by atoms with Crippen LogP contribution in [0, 0.1) is 6.92 Å². The Hall–Kier alpha value is -0.300. The Morgan fingerprint density at radius 1 is 1.33 bits per heavy atom. The molecule has 1 nitrogen and oxygen atoms in total. The standard InChI is InChI=1S/C11H21O/c1-4-6-7-9-12-10-8-11(3)5-2/h5H,2,4,6-10H2,1,3H3. The number of unbranched alkanes of at least 4 members (excludes halogenated alkanes) is 2. The number of allylic oxidation sites excluding steroid dienone is 1. The van der Waals surface area contributed by atoms with Crippen LogP contribution in [0.2, 0.25) is 0 Å². The number of ether oxygens (including phenoxy) is 1. The van der Waals surface area contributed by atoms with Crippen molar-refractivity contribution >= 4 is 0 Å². The summed E-state index contributed by atoms with van der Waals surface area (Å²) in [4.78, 5) is 0. The van der Waals surface area contributed by atoms with Crippen LogP contribution < -0.4 is 0 Å². The van der Waals surface area contributed by atoms with Crippen LogP contribution in [0.5, 0.6) is 0 Å². The van der Waals surface area contributed by atoms with Crippen molar-refractivity contribution in [2.45, 2.75) is 39.5 Å². The molecule has 0 aliphatic rings. The summed E-state index contributed by atoms with van der Waals surface area (Å²) in [6.07, 6.45) is 6.67. The first-order valence-electron chi connectivity index (χ1n) is 4.83. The van der Waals surface area contributed by atoms with E-state index in [9.17, 15) is 0 Å². The summed E-state index contributed by atoms with van der Waals surface area (Å²) in [5, 5.41) is 0. The fourth-order valence-electron chi connectivity index (χ4n) is 0.891. The van der Waals surface area contributed by atoms with Gasteiger partial charge in [-0.25, -0.2) is 0 Å². The Kier molecular flexibility index (Phi) is 8.57. The smallest absolute Gasteiger partial charge is 0.0503 e. The number of hydrogen-bond acceptors (Lipinski definition) is 1. The first kappa shape index (κ1) is 11.7. The topological polar surface area (TPSA) is 9.23 Å². The van der Waals surface area contributed by atoms with Gasteiger partial charge in [0.1, 0.15) is 0 Å². The largest absolute Gasteiger partial charge is 0.381 e. The van der Waals surface area contributed by atoms with Gasteiger partial charge < -0.3 is 4.74 Å². The fourth-order valence-corrected chi connectivity index (χ4v) is 0.891. The third kappa shape index (κ3) is 7.80. The van der Waals surface area contributed by atoms with E-state index < -0.39 is 0 Å². The Balaban J connectivity index is 3.00. The molecule has 0 unspecified atom stereocenters. The Morgan fingerprint density at radius 2 is 2.08 bits per heavy atom. The Labute approximate surface area is 76.8 Å². The van der Waals surface area contributed by atoms with Crippen molar-refractivity contribution in [2.24, 2.45) is 0 Å². The van der Waals surface area contributed by atoms with Gasteiger partial charge in [-0.05, 0) is 26.7 Å². The van der Waals surface area contributed by atoms with E-state index in [1.165, 1.54) is 24.8 Å². The van der Waals surface area contributed by atoms with Crippen molar-refractivity contribution in [1.82, 2.24) is 0 Å². The summed E-state index contributed by atoms with van der Waals surface area (Å²) in [6, 6.07) is 0. The second-order valence-corrected chi connectivity index (χ2v) is 3.12. The summed E-state index contributed by atoms with van der Waals surface area (Å²) >= 11 is 0. The van der Waals surface area contributed by atoms with Crippen LogP contribution in [0.15, 0.2) is 11.6 Å². The molecule has 0 bridgehead atoms. The molecule has 0 aromatic carbocycles. The molecule has 0 atom stereocenters. The zero-order chi connectivity index (χ0) is 9.23. The second-order valence-electron chi connectivity index (χ2n) is 3.12. The number of rotatable bonds is 7. The first-order valence-corrected chi connectivity index (χ1v) is 4.83. The fraction of sp³-hybridized carbons (Fsp3) is 0.727. The van der Waals surface area contributed by atoms with Gasteiger partial charge in [-0.15, -0.1) is 0 Å². The lowest BCUT2D eigenvalue weighted by Crippen LogP contribution is -1.97. The minimum absolute atomic E-state index is 0.849. The van der Waals surface area contributed by atoms with Crippen molar-refractivity contribution < 1.29 is 4.74 Å². The number of hydrogen-bond donors (Lipinski definition) is 0. The van der Waals surface area contributed by atoms with Gasteiger partial charge in [0.2, 0.25) is 0 Å². The molecule has 71 valence electrons. The predicted molar refractivity (Wildman–Crippen MR) is 54.1 cm³/mol. The van der Waals surface area contributed by atoms with Crippen molar-refractivity contribution in [3.8, 4) is 0 Å². The van der Waals surface area contributed by atoms with Gasteiger partial charge in [-0.1, -0.05) is 31.4 Å². The van der Waals surface area contributed by atoms with Gasteiger partial charge >= 0.3 is 0 Å². The minimum atomic E-state index is 0.849. The van der Waals surface area contributed by atoms with Crippen LogP contribution in [0.4, 0.5) is 0 Å². The summed E-state index contributed by atoms with van der Waals surface area (Å²) in [5.41, 5.74) is 1.31. The quantitative estimate of drug-likeness (QED) is 0.531. The van der Waals surface area contributed by atoms with Crippen LogP contribution in [-0.4, -0.2) is 13.2 Å². The van der Waals surface area contributed by atoms with Crippen LogP contribution >= 0.6 is 0 Å². The van der Waals surface area contributed by atoms with Crippen LogP contribution in [0.1, 0.15) is 39.5 Å². The SMILES string of the molecule is [CH2]C=C(C)CCOCCCCC. The first-order chi connectivity index (χ1) is 5.81. The molecule has 0 aromatic rings. The van der Waals surface area contributed by atoms with Crippen molar-refractivity contribution in [1.29, 1.82) is 0 Å². The van der Waals surface area contributed by atoms with Gasteiger partial charge in [0.15, 0.2) is 0 Å². The van der Waals surface area contributed by atoms with E-state index in [0.29, 0.717) is 0 Å². The third-order valence-corrected chi connectivity index (χ3v) is 1.88. The lowest BCUT2D eigenvalue weighted by molar-refractivity contribution is 0.133. The normalized spacial score (nSPS) is 12.1. The highest BCUT2D eigenvalue weighted by molar-refractivity contribution is 4.99. The summed E-state index contributed by atoms with van der Waals surface area (Å²) < 4.78 is 5.44. The van der Waals surface area contributed by atoms with E-state index >= 15 is 0 Å². The minimum Gasteiger partial charge on any atom is -0.381 e. The molecular formula is C11H21O. The van der Waals surface area contributed by atoms with Gasteiger partial charge in [0, 0.05) is 6.61 Å². The molecule has 12 heavy (non-hydrogen) atoms. The molecule has 0 spiro atoms. The van der Waals surface area contributed by atoms with Gasteiger partial charge in [0.05, 0.1) is 6.61 Å². The van der Waals surface area contributed by atoms with E-state index in [4.69, 9.17) is 4.74 Å². The van der Waals surface area contributed by atoms with Crippen molar-refractivity contribution in [2.75, 3.05) is 13.2 Å². The molecule has 0 N–H and O–H groups in total. The van der Waals surface area contributed by atoms with Crippen molar-refractivity contribution in [3.05, 3.63) is 18.6 Å². The molecular weight excluding hydrogens is 148 g/mol. The lowest BCUT2D eigenvalue weighted by Gasteiger charge is -2.03. The maximum Gasteiger partial charge on any atom is 0.0503 e. The van der Waals surface area contributed by atoms with Gasteiger partial charge in [0.25, 0.3) is 0 Å². The van der Waals surface area contributed by atoms with E-state index in [2.05, 4.69) is 20.8 Å². The summed E-state index contributed by atoms with van der Waals surface area (Å²) in [7, 11) is 0. The molecule has 0 saturated carbocycles.